The molecule has 1 aliphatic heterocycles. The Morgan fingerprint density at radius 1 is 1.41 bits per heavy atom. The molecule has 0 saturated heterocycles. The van der Waals surface area contributed by atoms with E-state index in [0.717, 1.165) is 12.1 Å². The van der Waals surface area contributed by atoms with Gasteiger partial charge in [-0.2, -0.15) is 12.8 Å². The highest BCUT2D eigenvalue weighted by atomic mass is 32.2. The number of nitrogens with zero attached hydrogens (tertiary/aromatic N) is 2. The molecule has 1 aliphatic rings. The van der Waals surface area contributed by atoms with E-state index >= 15 is 0 Å². The van der Waals surface area contributed by atoms with Gasteiger partial charge in [0.2, 0.25) is 5.95 Å². The molecule has 0 amide bonds. The fourth-order valence-corrected chi connectivity index (χ4v) is 2.18. The first kappa shape index (κ1) is 15.7. The molecule has 0 aromatic heterocycles. The van der Waals surface area contributed by atoms with E-state index in [9.17, 15) is 22.1 Å². The Hall–Kier alpha value is -2.73. The second kappa shape index (κ2) is 5.23. The molecule has 12 heteroatoms. The highest BCUT2D eigenvalue weighted by Crippen LogP contribution is 2.22. The molecule has 0 atom stereocenters. The Labute approximate surface area is 122 Å². The molecule has 9 nitrogen and oxygen atoms in total. The molecular formula is C10H8F2N4O5S. The third-order valence-electron chi connectivity index (χ3n) is 2.64. The Morgan fingerprint density at radius 2 is 2.05 bits per heavy atom. The lowest BCUT2D eigenvalue weighted by Crippen LogP contribution is -2.35. The van der Waals surface area contributed by atoms with Gasteiger partial charge in [-0.25, -0.2) is 10.2 Å². The molecule has 0 unspecified atom stereocenters. The van der Waals surface area contributed by atoms with Crippen molar-refractivity contribution in [2.45, 2.75) is 4.90 Å². The van der Waals surface area contributed by atoms with Gasteiger partial charge in [-0.05, 0) is 17.5 Å². The van der Waals surface area contributed by atoms with E-state index < -0.39 is 49.2 Å². The lowest BCUT2D eigenvalue weighted by Gasteiger charge is -2.19. The van der Waals surface area contributed by atoms with Crippen LogP contribution in [0.4, 0.5) is 8.87 Å². The summed E-state index contributed by atoms with van der Waals surface area (Å²) in [7, 11) is -4.66. The number of hydrogen-bond acceptors (Lipinski definition) is 7. The van der Waals surface area contributed by atoms with Crippen molar-refractivity contribution in [2.75, 3.05) is 0 Å². The third kappa shape index (κ3) is 2.82. The fourth-order valence-electron chi connectivity index (χ4n) is 1.68. The van der Waals surface area contributed by atoms with Crippen LogP contribution in [0.1, 0.15) is 15.9 Å². The number of aromatic carboxylic acids is 1. The average molecular weight is 334 g/mol. The molecule has 0 spiro atoms. The van der Waals surface area contributed by atoms with E-state index in [4.69, 9.17) is 15.4 Å². The summed E-state index contributed by atoms with van der Waals surface area (Å²) in [6.07, 6.45) is 0. The summed E-state index contributed by atoms with van der Waals surface area (Å²) in [5, 5.41) is 11.8. The van der Waals surface area contributed by atoms with Crippen LogP contribution >= 0.6 is 0 Å². The maximum absolute atomic E-state index is 13.4. The molecule has 118 valence electrons. The van der Waals surface area contributed by atoms with Gasteiger partial charge in [0.15, 0.2) is 0 Å². The first-order valence-corrected chi connectivity index (χ1v) is 6.87. The first-order chi connectivity index (χ1) is 10.1. The molecule has 0 fully saturated rings. The molecule has 0 radical (unpaired) electrons. The lowest BCUT2D eigenvalue weighted by atomic mass is 10.0. The zero-order chi connectivity index (χ0) is 16.7. The fraction of sp³-hybridized carbons (Fsp3) is 0. The predicted octanol–water partition coefficient (Wildman–Crippen LogP) is 0.138. The number of hydrazine groups is 1. The van der Waals surface area contributed by atoms with Crippen molar-refractivity contribution in [1.29, 1.82) is 0 Å². The van der Waals surface area contributed by atoms with Gasteiger partial charge in [0.25, 0.3) is 10.1 Å². The Morgan fingerprint density at radius 3 is 2.59 bits per heavy atom. The van der Waals surface area contributed by atoms with Gasteiger partial charge in [0.05, 0.1) is 10.5 Å². The molecule has 22 heavy (non-hydrogen) atoms. The molecule has 0 bridgehead atoms. The number of benzene rings is 1. The number of hydrazone groups is 1. The molecule has 1 aromatic carbocycles. The van der Waals surface area contributed by atoms with Crippen LogP contribution in [0.25, 0.3) is 0 Å². The number of rotatable bonds is 3. The Balaban J connectivity index is 2.69. The lowest BCUT2D eigenvalue weighted by molar-refractivity contribution is -0.0283. The van der Waals surface area contributed by atoms with Crippen LogP contribution in [0.5, 0.6) is 0 Å². The SMILES string of the molecule is NC1=C(F)NN(F)N=C1c1ccc(S(=O)(=O)O)cc1C(=O)O. The van der Waals surface area contributed by atoms with Crippen LogP contribution < -0.4 is 11.2 Å². The largest absolute Gasteiger partial charge is 0.478 e. The quantitative estimate of drug-likeness (QED) is 0.347. The number of carboxylic acid groups (broad SMARTS) is 1. The van der Waals surface area contributed by atoms with Crippen molar-refractivity contribution in [2.24, 2.45) is 10.8 Å². The van der Waals surface area contributed by atoms with Crippen LogP contribution in [0, 0.1) is 0 Å². The van der Waals surface area contributed by atoms with Gasteiger partial charge >= 0.3 is 5.97 Å². The molecule has 1 heterocycles. The Bertz CT molecular complexity index is 821. The summed E-state index contributed by atoms with van der Waals surface area (Å²) in [6, 6.07) is 2.37. The number of carboxylic acids is 1. The number of halogens is 2. The second-order valence-corrected chi connectivity index (χ2v) is 5.46. The zero-order valence-electron chi connectivity index (χ0n) is 10.5. The third-order valence-corrected chi connectivity index (χ3v) is 3.49. The van der Waals surface area contributed by atoms with Gasteiger partial charge in [-0.3, -0.25) is 4.55 Å². The maximum atomic E-state index is 13.4. The van der Waals surface area contributed by atoms with Crippen LogP contribution in [-0.2, 0) is 10.1 Å². The minimum Gasteiger partial charge on any atom is -0.478 e. The molecule has 5 N–H and O–H groups in total. The predicted molar refractivity (Wildman–Crippen MR) is 68.2 cm³/mol. The van der Waals surface area contributed by atoms with Gasteiger partial charge in [0.1, 0.15) is 11.4 Å². The molecule has 1 aromatic rings. The van der Waals surface area contributed by atoms with Crippen molar-refractivity contribution in [3.8, 4) is 0 Å². The van der Waals surface area contributed by atoms with Crippen molar-refractivity contribution in [3.05, 3.63) is 41.0 Å². The topological polar surface area (TPSA) is 145 Å². The minimum atomic E-state index is -4.66. The number of carbonyl (C=O) groups is 1. The van der Waals surface area contributed by atoms with Crippen molar-refractivity contribution >= 4 is 21.8 Å². The number of allylic oxidation sites excluding steroid dienone is 1. The van der Waals surface area contributed by atoms with Gasteiger partial charge in [0, 0.05) is 5.56 Å². The summed E-state index contributed by atoms with van der Waals surface area (Å²) < 4.78 is 57.4. The van der Waals surface area contributed by atoms with Crippen molar-refractivity contribution in [1.82, 2.24) is 10.8 Å². The Kier molecular flexibility index (Phi) is 3.72. The minimum absolute atomic E-state index is 0.336. The van der Waals surface area contributed by atoms with E-state index in [0.29, 0.717) is 6.07 Å². The number of hydrogen-bond donors (Lipinski definition) is 4. The number of nitrogens with one attached hydrogen (secondary N) is 1. The highest BCUT2D eigenvalue weighted by molar-refractivity contribution is 7.85. The van der Waals surface area contributed by atoms with Gasteiger partial charge < -0.3 is 10.8 Å². The zero-order valence-corrected chi connectivity index (χ0v) is 11.3. The highest BCUT2D eigenvalue weighted by Gasteiger charge is 2.26. The normalized spacial score (nSPS) is 15.4. The smallest absolute Gasteiger partial charge is 0.336 e. The first-order valence-electron chi connectivity index (χ1n) is 5.43. The van der Waals surface area contributed by atoms with E-state index in [1.807, 2.05) is 0 Å². The number of nitrogens with two attached hydrogens (primary N) is 1. The molecule has 0 aliphatic carbocycles. The van der Waals surface area contributed by atoms with Crippen LogP contribution in [-0.4, -0.2) is 35.1 Å². The molecular weight excluding hydrogens is 326 g/mol. The van der Waals surface area contributed by atoms with Crippen LogP contribution in [0.2, 0.25) is 0 Å². The van der Waals surface area contributed by atoms with Crippen LogP contribution in [0.3, 0.4) is 0 Å². The van der Waals surface area contributed by atoms with Crippen molar-refractivity contribution in [3.63, 3.8) is 0 Å². The summed E-state index contributed by atoms with van der Waals surface area (Å²) >= 11 is 0. The standard InChI is InChI=1S/C10H8F2N4O5S/c11-9-7(13)8(14-16(12)15-9)5-2-1-4(22(19,20)21)3-6(5)10(17)18/h1-3,15H,13H2,(H,17,18)(H,19,20,21). The summed E-state index contributed by atoms with van der Waals surface area (Å²) in [5.41, 5.74) is 4.63. The van der Waals surface area contributed by atoms with Gasteiger partial charge in [-0.1, -0.05) is 10.5 Å². The maximum Gasteiger partial charge on any atom is 0.336 e. The average Bonchev–Trinajstić information content (AvgIpc) is 2.41. The van der Waals surface area contributed by atoms with E-state index in [1.165, 1.54) is 5.43 Å². The summed E-state index contributed by atoms with van der Waals surface area (Å²) in [5.74, 6) is -2.91. The molecule has 2 rings (SSSR count). The van der Waals surface area contributed by atoms with Crippen LogP contribution in [0.15, 0.2) is 39.8 Å². The van der Waals surface area contributed by atoms with E-state index in [1.54, 1.807) is 0 Å². The van der Waals surface area contributed by atoms with Gasteiger partial charge in [-0.15, -0.1) is 5.10 Å². The second-order valence-electron chi connectivity index (χ2n) is 4.04. The molecule has 0 saturated carbocycles. The van der Waals surface area contributed by atoms with Crippen molar-refractivity contribution < 1.29 is 31.7 Å². The monoisotopic (exact) mass is 334 g/mol. The van der Waals surface area contributed by atoms with E-state index in [2.05, 4.69) is 5.10 Å². The van der Waals surface area contributed by atoms with E-state index in [-0.39, 0.29) is 5.56 Å². The summed E-state index contributed by atoms with van der Waals surface area (Å²) in [4.78, 5) is 10.5. The summed E-state index contributed by atoms with van der Waals surface area (Å²) in [6.45, 7) is 0.